The third kappa shape index (κ3) is 5.57. The molecule has 0 spiro atoms. The van der Waals surface area contributed by atoms with Crippen LogP contribution in [0.25, 0.3) is 6.08 Å². The van der Waals surface area contributed by atoms with Crippen LogP contribution in [0.5, 0.6) is 0 Å². The summed E-state index contributed by atoms with van der Waals surface area (Å²) in [5.41, 5.74) is -1.72. The molecule has 25 heavy (non-hydrogen) atoms. The van der Waals surface area contributed by atoms with Crippen LogP contribution in [0.2, 0.25) is 5.02 Å². The molecule has 0 radical (unpaired) electrons. The Morgan fingerprint density at radius 3 is 1.88 bits per heavy atom. The molecule has 2 rings (SSSR count). The summed E-state index contributed by atoms with van der Waals surface area (Å²) in [7, 11) is 0. The van der Waals surface area contributed by atoms with E-state index in [1.54, 1.807) is 0 Å². The van der Waals surface area contributed by atoms with E-state index in [4.69, 9.17) is 11.6 Å². The molecule has 0 unspecified atom stereocenters. The van der Waals surface area contributed by atoms with Crippen molar-refractivity contribution in [3.05, 3.63) is 75.8 Å². The predicted molar refractivity (Wildman–Crippen MR) is 83.8 cm³/mol. The highest BCUT2D eigenvalue weighted by molar-refractivity contribution is 6.30. The number of rotatable bonds is 1. The Morgan fingerprint density at radius 1 is 0.840 bits per heavy atom. The Labute approximate surface area is 144 Å². The first-order chi connectivity index (χ1) is 11.6. The molecule has 0 atom stereocenters. The van der Waals surface area contributed by atoms with Crippen molar-refractivity contribution >= 4 is 17.7 Å². The standard InChI is InChI=1S/C18H9ClF6/c19-16-9-4-13(5-10-16)11-15(18(23,24)25)8-3-12-1-6-14(7-2-12)17(20,21)22/h1-2,4-7,9-11H/b15-11-. The predicted octanol–water partition coefficient (Wildman–Crippen LogP) is 6.36. The lowest BCUT2D eigenvalue weighted by Crippen LogP contribution is -2.10. The number of allylic oxidation sites excluding steroid dienone is 1. The molecule has 0 aliphatic carbocycles. The average molecular weight is 375 g/mol. The Hall–Kier alpha value is -2.39. The zero-order valence-electron chi connectivity index (χ0n) is 12.3. The van der Waals surface area contributed by atoms with Crippen molar-refractivity contribution < 1.29 is 26.3 Å². The van der Waals surface area contributed by atoms with Gasteiger partial charge in [-0.1, -0.05) is 35.6 Å². The maximum atomic E-state index is 13.1. The van der Waals surface area contributed by atoms with Gasteiger partial charge in [0.15, 0.2) is 0 Å². The van der Waals surface area contributed by atoms with Crippen molar-refractivity contribution in [2.24, 2.45) is 0 Å². The molecule has 0 saturated heterocycles. The van der Waals surface area contributed by atoms with Gasteiger partial charge < -0.3 is 0 Å². The molecule has 0 amide bonds. The van der Waals surface area contributed by atoms with E-state index in [0.29, 0.717) is 5.02 Å². The lowest BCUT2D eigenvalue weighted by Gasteiger charge is -2.06. The molecule has 2 aromatic carbocycles. The summed E-state index contributed by atoms with van der Waals surface area (Å²) in [6.07, 6.45) is -8.37. The second-order valence-electron chi connectivity index (χ2n) is 4.93. The fraction of sp³-hybridized carbons (Fsp3) is 0.111. The summed E-state index contributed by atoms with van der Waals surface area (Å²) in [4.78, 5) is 0. The zero-order valence-corrected chi connectivity index (χ0v) is 13.1. The van der Waals surface area contributed by atoms with E-state index in [2.05, 4.69) is 5.92 Å². The number of benzene rings is 2. The van der Waals surface area contributed by atoms with Crippen molar-refractivity contribution in [2.45, 2.75) is 12.4 Å². The first-order valence-electron chi connectivity index (χ1n) is 6.79. The third-order valence-electron chi connectivity index (χ3n) is 3.04. The topological polar surface area (TPSA) is 0 Å². The smallest absolute Gasteiger partial charge is 0.166 e. The molecule has 0 aromatic heterocycles. The van der Waals surface area contributed by atoms with Crippen LogP contribution < -0.4 is 0 Å². The van der Waals surface area contributed by atoms with E-state index in [0.717, 1.165) is 30.3 Å². The van der Waals surface area contributed by atoms with Crippen molar-refractivity contribution in [3.63, 3.8) is 0 Å². The van der Waals surface area contributed by atoms with Gasteiger partial charge in [0.2, 0.25) is 0 Å². The Morgan fingerprint density at radius 2 is 1.40 bits per heavy atom. The van der Waals surface area contributed by atoms with Crippen LogP contribution in [0.15, 0.2) is 54.1 Å². The van der Waals surface area contributed by atoms with Crippen LogP contribution in [-0.4, -0.2) is 6.18 Å². The van der Waals surface area contributed by atoms with Crippen molar-refractivity contribution in [1.29, 1.82) is 0 Å². The van der Waals surface area contributed by atoms with Crippen LogP contribution in [-0.2, 0) is 6.18 Å². The van der Waals surface area contributed by atoms with Gasteiger partial charge in [0.25, 0.3) is 0 Å². The Bertz CT molecular complexity index is 816. The lowest BCUT2D eigenvalue weighted by atomic mass is 10.1. The van der Waals surface area contributed by atoms with Gasteiger partial charge in [-0.15, -0.1) is 0 Å². The van der Waals surface area contributed by atoms with Gasteiger partial charge in [-0.2, -0.15) is 26.3 Å². The van der Waals surface area contributed by atoms with Gasteiger partial charge in [0.1, 0.15) is 5.57 Å². The van der Waals surface area contributed by atoms with Gasteiger partial charge in [-0.3, -0.25) is 0 Å². The molecule has 130 valence electrons. The SMILES string of the molecule is FC(F)(F)/C(C#Cc1ccc(C(F)(F)F)cc1)=C\c1ccc(Cl)cc1. The van der Waals surface area contributed by atoms with Crippen molar-refractivity contribution in [3.8, 4) is 11.8 Å². The highest BCUT2D eigenvalue weighted by atomic mass is 35.5. The zero-order chi connectivity index (χ0) is 18.7. The molecule has 0 N–H and O–H groups in total. The van der Waals surface area contributed by atoms with Crippen LogP contribution in [0.1, 0.15) is 16.7 Å². The Kier molecular flexibility index (Phi) is 5.48. The molecular formula is C18H9ClF6. The van der Waals surface area contributed by atoms with Gasteiger partial charge in [-0.25, -0.2) is 0 Å². The monoisotopic (exact) mass is 374 g/mol. The van der Waals surface area contributed by atoms with E-state index in [9.17, 15) is 26.3 Å². The van der Waals surface area contributed by atoms with Gasteiger partial charge in [0, 0.05) is 10.6 Å². The largest absolute Gasteiger partial charge is 0.424 e. The first-order valence-corrected chi connectivity index (χ1v) is 7.17. The lowest BCUT2D eigenvalue weighted by molar-refractivity contribution is -0.137. The van der Waals surface area contributed by atoms with Crippen LogP contribution in [0.4, 0.5) is 26.3 Å². The molecule has 0 nitrogen and oxygen atoms in total. The fourth-order valence-corrected chi connectivity index (χ4v) is 1.92. The van der Waals surface area contributed by atoms with Gasteiger partial charge in [-0.05, 0) is 48.0 Å². The third-order valence-corrected chi connectivity index (χ3v) is 3.29. The van der Waals surface area contributed by atoms with E-state index < -0.39 is 23.5 Å². The minimum absolute atomic E-state index is 0.0410. The number of hydrogen-bond acceptors (Lipinski definition) is 0. The van der Waals surface area contributed by atoms with Crippen molar-refractivity contribution in [2.75, 3.05) is 0 Å². The molecule has 0 bridgehead atoms. The summed E-state index contributed by atoms with van der Waals surface area (Å²) < 4.78 is 76.6. The molecule has 7 heteroatoms. The number of hydrogen-bond donors (Lipinski definition) is 0. The van der Waals surface area contributed by atoms with Crippen molar-refractivity contribution in [1.82, 2.24) is 0 Å². The minimum atomic E-state index is -4.70. The molecule has 0 saturated carbocycles. The molecule has 0 aliphatic heterocycles. The van der Waals surface area contributed by atoms with Gasteiger partial charge >= 0.3 is 12.4 Å². The summed E-state index contributed by atoms with van der Waals surface area (Å²) in [6, 6.07) is 9.23. The van der Waals surface area contributed by atoms with E-state index in [-0.39, 0.29) is 11.1 Å². The van der Waals surface area contributed by atoms with Crippen LogP contribution >= 0.6 is 11.6 Å². The fourth-order valence-electron chi connectivity index (χ4n) is 1.80. The van der Waals surface area contributed by atoms with Crippen LogP contribution in [0.3, 0.4) is 0 Å². The summed E-state index contributed by atoms with van der Waals surface area (Å²) in [5.74, 6) is 4.20. The molecular weight excluding hydrogens is 366 g/mol. The van der Waals surface area contributed by atoms with E-state index >= 15 is 0 Å². The summed E-state index contributed by atoms with van der Waals surface area (Å²) >= 11 is 5.67. The highest BCUT2D eigenvalue weighted by Gasteiger charge is 2.32. The number of alkyl halides is 6. The minimum Gasteiger partial charge on any atom is -0.166 e. The molecule has 0 fully saturated rings. The maximum absolute atomic E-state index is 13.1. The summed E-state index contributed by atoms with van der Waals surface area (Å²) in [6.45, 7) is 0. The number of halogens is 7. The summed E-state index contributed by atoms with van der Waals surface area (Å²) in [5, 5.41) is 0.376. The molecule has 0 aliphatic rings. The average Bonchev–Trinajstić information content (AvgIpc) is 2.51. The second kappa shape index (κ2) is 7.24. The quantitative estimate of drug-likeness (QED) is 0.402. The second-order valence-corrected chi connectivity index (χ2v) is 5.37. The molecule has 0 heterocycles. The van der Waals surface area contributed by atoms with E-state index in [1.807, 2.05) is 5.92 Å². The first kappa shape index (κ1) is 18.9. The normalized spacial score (nSPS) is 12.5. The molecule has 2 aromatic rings. The van der Waals surface area contributed by atoms with Gasteiger partial charge in [0.05, 0.1) is 5.56 Å². The van der Waals surface area contributed by atoms with Crippen LogP contribution in [0, 0.1) is 11.8 Å². The maximum Gasteiger partial charge on any atom is 0.424 e. The highest BCUT2D eigenvalue weighted by Crippen LogP contribution is 2.29. The van der Waals surface area contributed by atoms with E-state index in [1.165, 1.54) is 24.3 Å². The Balaban J connectivity index is 2.33.